The number of nitrogens with two attached hydrogens (primary N) is 1. The van der Waals surface area contributed by atoms with Crippen molar-refractivity contribution < 1.29 is 0 Å². The van der Waals surface area contributed by atoms with Gasteiger partial charge in [0.05, 0.1) is 0 Å². The quantitative estimate of drug-likeness (QED) is 0.869. The summed E-state index contributed by atoms with van der Waals surface area (Å²) in [5.74, 6) is 1.93. The molecule has 0 saturated carbocycles. The highest BCUT2D eigenvalue weighted by molar-refractivity contribution is 5.49. The number of anilines is 1. The van der Waals surface area contributed by atoms with Crippen LogP contribution in [0.2, 0.25) is 0 Å². The van der Waals surface area contributed by atoms with E-state index >= 15 is 0 Å². The molecule has 3 nitrogen and oxygen atoms in total. The highest BCUT2D eigenvalue weighted by Crippen LogP contribution is 2.29. The molecule has 1 aliphatic heterocycles. The Morgan fingerprint density at radius 2 is 2.24 bits per heavy atom. The molecule has 1 saturated heterocycles. The molecule has 3 heteroatoms. The second kappa shape index (κ2) is 5.05. The minimum absolute atomic E-state index is 0.608. The molecule has 1 aliphatic rings. The summed E-state index contributed by atoms with van der Waals surface area (Å²) in [5, 5.41) is 0. The van der Waals surface area contributed by atoms with Gasteiger partial charge in [-0.05, 0) is 50.3 Å². The molecule has 0 radical (unpaired) electrons. The van der Waals surface area contributed by atoms with Crippen LogP contribution in [0, 0.1) is 12.8 Å². The summed E-state index contributed by atoms with van der Waals surface area (Å²) in [6.07, 6.45) is 4.16. The molecule has 1 aromatic rings. The van der Waals surface area contributed by atoms with Crippen LogP contribution in [0.3, 0.4) is 0 Å². The summed E-state index contributed by atoms with van der Waals surface area (Å²) in [6.45, 7) is 8.58. The van der Waals surface area contributed by atoms with Crippen LogP contribution in [-0.2, 0) is 6.42 Å². The van der Waals surface area contributed by atoms with Gasteiger partial charge >= 0.3 is 0 Å². The fraction of sp³-hybridized carbons (Fsp3) is 0.643. The minimum atomic E-state index is 0.608. The highest BCUT2D eigenvalue weighted by atomic mass is 15.2. The van der Waals surface area contributed by atoms with E-state index in [1.807, 2.05) is 6.20 Å². The smallest absolute Gasteiger partial charge is 0.131 e. The van der Waals surface area contributed by atoms with Crippen LogP contribution in [0.4, 0.5) is 5.82 Å². The lowest BCUT2D eigenvalue weighted by atomic mass is 10.1. The van der Waals surface area contributed by atoms with Crippen molar-refractivity contribution >= 4 is 5.82 Å². The Balaban J connectivity index is 2.21. The SMILES string of the molecule is Cc1cc(CCN)cnc1N1CC(C)CC1C. The monoisotopic (exact) mass is 233 g/mol. The van der Waals surface area contributed by atoms with Crippen LogP contribution in [0.1, 0.15) is 31.4 Å². The first-order chi connectivity index (χ1) is 8.11. The minimum Gasteiger partial charge on any atom is -0.353 e. The lowest BCUT2D eigenvalue weighted by Crippen LogP contribution is -2.28. The Kier molecular flexibility index (Phi) is 3.67. The molecule has 0 bridgehead atoms. The molecule has 2 atom stereocenters. The van der Waals surface area contributed by atoms with Crippen molar-refractivity contribution in [2.45, 2.75) is 39.7 Å². The van der Waals surface area contributed by atoms with Gasteiger partial charge in [0.1, 0.15) is 5.82 Å². The van der Waals surface area contributed by atoms with Crippen LogP contribution in [-0.4, -0.2) is 24.1 Å². The second-order valence-corrected chi connectivity index (χ2v) is 5.37. The van der Waals surface area contributed by atoms with E-state index in [4.69, 9.17) is 5.73 Å². The van der Waals surface area contributed by atoms with Crippen molar-refractivity contribution in [3.05, 3.63) is 23.4 Å². The maximum atomic E-state index is 5.57. The van der Waals surface area contributed by atoms with Crippen molar-refractivity contribution in [1.82, 2.24) is 4.98 Å². The van der Waals surface area contributed by atoms with Crippen molar-refractivity contribution in [3.8, 4) is 0 Å². The summed E-state index contributed by atoms with van der Waals surface area (Å²) in [5.41, 5.74) is 8.09. The van der Waals surface area contributed by atoms with Crippen molar-refractivity contribution in [3.63, 3.8) is 0 Å². The largest absolute Gasteiger partial charge is 0.353 e. The molecule has 17 heavy (non-hydrogen) atoms. The maximum absolute atomic E-state index is 5.57. The van der Waals surface area contributed by atoms with Gasteiger partial charge in [0.25, 0.3) is 0 Å². The van der Waals surface area contributed by atoms with Gasteiger partial charge in [-0.2, -0.15) is 0 Å². The first-order valence-electron chi connectivity index (χ1n) is 6.54. The van der Waals surface area contributed by atoms with Crippen LogP contribution in [0.15, 0.2) is 12.3 Å². The first kappa shape index (κ1) is 12.4. The Hall–Kier alpha value is -1.09. The van der Waals surface area contributed by atoms with E-state index in [0.717, 1.165) is 24.7 Å². The molecular weight excluding hydrogens is 210 g/mol. The van der Waals surface area contributed by atoms with Gasteiger partial charge in [-0.1, -0.05) is 13.0 Å². The molecule has 0 aliphatic carbocycles. The van der Waals surface area contributed by atoms with Crippen LogP contribution >= 0.6 is 0 Å². The summed E-state index contributed by atoms with van der Waals surface area (Å²) in [7, 11) is 0. The maximum Gasteiger partial charge on any atom is 0.131 e. The van der Waals surface area contributed by atoms with Crippen molar-refractivity contribution in [2.75, 3.05) is 18.0 Å². The summed E-state index contributed by atoms with van der Waals surface area (Å²) in [6, 6.07) is 2.84. The number of hydrogen-bond donors (Lipinski definition) is 1. The zero-order valence-corrected chi connectivity index (χ0v) is 11.1. The number of hydrogen-bond acceptors (Lipinski definition) is 3. The molecule has 2 N–H and O–H groups in total. The predicted molar refractivity (Wildman–Crippen MR) is 72.3 cm³/mol. The number of aromatic nitrogens is 1. The number of pyridine rings is 1. The third-order valence-corrected chi connectivity index (χ3v) is 3.60. The average Bonchev–Trinajstić information content (AvgIpc) is 2.58. The van der Waals surface area contributed by atoms with Gasteiger partial charge < -0.3 is 10.6 Å². The normalized spacial score (nSPS) is 24.4. The zero-order chi connectivity index (χ0) is 12.4. The fourth-order valence-electron chi connectivity index (χ4n) is 2.82. The van der Waals surface area contributed by atoms with Gasteiger partial charge in [-0.15, -0.1) is 0 Å². The van der Waals surface area contributed by atoms with Crippen LogP contribution in [0.25, 0.3) is 0 Å². The highest BCUT2D eigenvalue weighted by Gasteiger charge is 2.27. The van der Waals surface area contributed by atoms with E-state index in [9.17, 15) is 0 Å². The van der Waals surface area contributed by atoms with E-state index in [-0.39, 0.29) is 0 Å². The Bertz CT molecular complexity index is 389. The molecular formula is C14H23N3. The lowest BCUT2D eigenvalue weighted by Gasteiger charge is -2.24. The summed E-state index contributed by atoms with van der Waals surface area (Å²) < 4.78 is 0. The summed E-state index contributed by atoms with van der Waals surface area (Å²) >= 11 is 0. The average molecular weight is 233 g/mol. The Morgan fingerprint density at radius 1 is 1.47 bits per heavy atom. The molecule has 0 aromatic carbocycles. The third kappa shape index (κ3) is 2.60. The van der Waals surface area contributed by atoms with E-state index in [0.29, 0.717) is 12.6 Å². The van der Waals surface area contributed by atoms with Crippen molar-refractivity contribution in [2.24, 2.45) is 11.7 Å². The molecule has 1 aromatic heterocycles. The fourth-order valence-corrected chi connectivity index (χ4v) is 2.82. The number of aryl methyl sites for hydroxylation is 1. The van der Waals surface area contributed by atoms with E-state index in [1.54, 1.807) is 0 Å². The molecule has 2 unspecified atom stereocenters. The molecule has 2 rings (SSSR count). The van der Waals surface area contributed by atoms with Crippen LogP contribution < -0.4 is 10.6 Å². The Morgan fingerprint density at radius 3 is 2.76 bits per heavy atom. The predicted octanol–water partition coefficient (Wildman–Crippen LogP) is 2.13. The summed E-state index contributed by atoms with van der Waals surface area (Å²) in [4.78, 5) is 7.07. The number of rotatable bonds is 3. The molecule has 94 valence electrons. The van der Waals surface area contributed by atoms with E-state index in [1.165, 1.54) is 17.5 Å². The standard InChI is InChI=1S/C14H23N3/c1-10-6-12(3)17(9-10)14-11(2)7-13(4-5-15)8-16-14/h7-8,10,12H,4-6,9,15H2,1-3H3. The number of nitrogens with zero attached hydrogens (tertiary/aromatic N) is 2. The molecule has 1 fully saturated rings. The van der Waals surface area contributed by atoms with Gasteiger partial charge in [0.15, 0.2) is 0 Å². The van der Waals surface area contributed by atoms with Gasteiger partial charge in [-0.3, -0.25) is 0 Å². The van der Waals surface area contributed by atoms with Gasteiger partial charge in [0, 0.05) is 18.8 Å². The Labute approximate surface area is 104 Å². The second-order valence-electron chi connectivity index (χ2n) is 5.37. The first-order valence-corrected chi connectivity index (χ1v) is 6.54. The van der Waals surface area contributed by atoms with Gasteiger partial charge in [-0.25, -0.2) is 4.98 Å². The lowest BCUT2D eigenvalue weighted by molar-refractivity contribution is 0.625. The van der Waals surface area contributed by atoms with Gasteiger partial charge in [0.2, 0.25) is 0 Å². The van der Waals surface area contributed by atoms with E-state index in [2.05, 4.69) is 36.7 Å². The zero-order valence-electron chi connectivity index (χ0n) is 11.1. The van der Waals surface area contributed by atoms with Crippen molar-refractivity contribution in [1.29, 1.82) is 0 Å². The molecule has 0 spiro atoms. The van der Waals surface area contributed by atoms with E-state index < -0.39 is 0 Å². The molecule has 2 heterocycles. The van der Waals surface area contributed by atoms with Crippen LogP contribution in [0.5, 0.6) is 0 Å². The third-order valence-electron chi connectivity index (χ3n) is 3.60. The topological polar surface area (TPSA) is 42.1 Å². The molecule has 0 amide bonds.